The number of primary amides is 1. The molecule has 0 spiro atoms. The number of carbonyl (C=O) groups excluding carboxylic acids is 1. The molecule has 2 aliphatic carbocycles. The van der Waals surface area contributed by atoms with Crippen molar-refractivity contribution in [1.29, 1.82) is 0 Å². The molecule has 3 rings (SSSR count). The Bertz CT molecular complexity index is 565. The van der Waals surface area contributed by atoms with Gasteiger partial charge in [-0.05, 0) is 50.3 Å². The van der Waals surface area contributed by atoms with Crippen LogP contribution in [0.15, 0.2) is 23.1 Å². The highest BCUT2D eigenvalue weighted by molar-refractivity contribution is 8.00. The monoisotopic (exact) mass is 312 g/mol. The quantitative estimate of drug-likeness (QED) is 0.878. The van der Waals surface area contributed by atoms with E-state index in [-0.39, 0.29) is 11.2 Å². The zero-order chi connectivity index (χ0) is 15.0. The Balaban J connectivity index is 1.70. The molecule has 0 radical (unpaired) electrons. The first-order valence-corrected chi connectivity index (χ1v) is 8.06. The van der Waals surface area contributed by atoms with E-state index in [0.29, 0.717) is 23.8 Å². The van der Waals surface area contributed by atoms with E-state index in [9.17, 15) is 13.6 Å². The van der Waals surface area contributed by atoms with Gasteiger partial charge in [0, 0.05) is 16.2 Å². The van der Waals surface area contributed by atoms with E-state index in [2.05, 4.69) is 5.32 Å². The number of thioether (sulfide) groups is 1. The zero-order valence-corrected chi connectivity index (χ0v) is 12.4. The molecule has 6 heteroatoms. The van der Waals surface area contributed by atoms with Gasteiger partial charge in [0.2, 0.25) is 5.91 Å². The van der Waals surface area contributed by atoms with Gasteiger partial charge in [-0.15, -0.1) is 11.8 Å². The summed E-state index contributed by atoms with van der Waals surface area (Å²) in [7, 11) is 0. The van der Waals surface area contributed by atoms with Crippen molar-refractivity contribution in [3.8, 4) is 0 Å². The second-order valence-corrected chi connectivity index (χ2v) is 7.26. The molecule has 3 nitrogen and oxygen atoms in total. The molecule has 1 aromatic rings. The number of halogens is 2. The highest BCUT2D eigenvalue weighted by Gasteiger charge is 2.47. The molecular formula is C15H18F2N2OS. The van der Waals surface area contributed by atoms with Crippen molar-refractivity contribution in [2.24, 2.45) is 5.73 Å². The van der Waals surface area contributed by atoms with E-state index in [1.165, 1.54) is 17.8 Å². The summed E-state index contributed by atoms with van der Waals surface area (Å²) in [5.74, 6) is -1.21. The molecule has 2 aliphatic rings. The average molecular weight is 312 g/mol. The second kappa shape index (κ2) is 5.57. The molecule has 3 N–H and O–H groups in total. The van der Waals surface area contributed by atoms with Gasteiger partial charge < -0.3 is 11.1 Å². The third kappa shape index (κ3) is 3.21. The fraction of sp³-hybridized carbons (Fsp3) is 0.533. The van der Waals surface area contributed by atoms with Gasteiger partial charge in [0.1, 0.15) is 11.6 Å². The zero-order valence-electron chi connectivity index (χ0n) is 11.6. The van der Waals surface area contributed by atoms with E-state index in [1.54, 1.807) is 0 Å². The summed E-state index contributed by atoms with van der Waals surface area (Å²) in [5, 5.41) is 3.42. The van der Waals surface area contributed by atoms with Crippen LogP contribution < -0.4 is 11.1 Å². The summed E-state index contributed by atoms with van der Waals surface area (Å²) < 4.78 is 26.9. The lowest BCUT2D eigenvalue weighted by atomic mass is 9.96. The molecule has 21 heavy (non-hydrogen) atoms. The van der Waals surface area contributed by atoms with E-state index in [4.69, 9.17) is 5.73 Å². The maximum absolute atomic E-state index is 13.7. The van der Waals surface area contributed by atoms with Crippen LogP contribution in [0.4, 0.5) is 8.78 Å². The van der Waals surface area contributed by atoms with Crippen molar-refractivity contribution < 1.29 is 13.6 Å². The number of amides is 1. The van der Waals surface area contributed by atoms with Crippen molar-refractivity contribution in [3.05, 3.63) is 29.8 Å². The summed E-state index contributed by atoms with van der Waals surface area (Å²) in [6.07, 6.45) is 4.15. The van der Waals surface area contributed by atoms with E-state index in [0.717, 1.165) is 31.4 Å². The lowest BCUT2D eigenvalue weighted by Gasteiger charge is -2.27. The Kier molecular flexibility index (Phi) is 3.92. The van der Waals surface area contributed by atoms with E-state index < -0.39 is 17.2 Å². The van der Waals surface area contributed by atoms with Crippen LogP contribution in [0.5, 0.6) is 0 Å². The predicted octanol–water partition coefficient (Wildman–Crippen LogP) is 2.59. The topological polar surface area (TPSA) is 55.1 Å². The Morgan fingerprint density at radius 2 is 2.10 bits per heavy atom. The van der Waals surface area contributed by atoms with Gasteiger partial charge in [0.05, 0.1) is 5.54 Å². The Morgan fingerprint density at radius 1 is 1.33 bits per heavy atom. The molecule has 0 aromatic heterocycles. The average Bonchev–Trinajstić information content (AvgIpc) is 3.14. The number of nitrogens with two attached hydrogens (primary N) is 1. The van der Waals surface area contributed by atoms with Crippen molar-refractivity contribution >= 4 is 17.7 Å². The molecule has 2 unspecified atom stereocenters. The van der Waals surface area contributed by atoms with Crippen LogP contribution in [0.2, 0.25) is 0 Å². The Morgan fingerprint density at radius 3 is 2.76 bits per heavy atom. The fourth-order valence-corrected chi connectivity index (χ4v) is 4.22. The normalized spacial score (nSPS) is 28.8. The number of benzene rings is 1. The van der Waals surface area contributed by atoms with Crippen LogP contribution in [0.25, 0.3) is 0 Å². The Labute approximate surface area is 126 Å². The van der Waals surface area contributed by atoms with Gasteiger partial charge in [-0.25, -0.2) is 8.78 Å². The highest BCUT2D eigenvalue weighted by Crippen LogP contribution is 2.42. The lowest BCUT2D eigenvalue weighted by molar-refractivity contribution is -0.124. The third-order valence-electron chi connectivity index (χ3n) is 4.19. The first kappa shape index (κ1) is 14.8. The molecule has 1 amide bonds. The summed E-state index contributed by atoms with van der Waals surface area (Å²) in [6.45, 7) is 0. The molecule has 2 atom stereocenters. The largest absolute Gasteiger partial charge is 0.368 e. The van der Waals surface area contributed by atoms with Gasteiger partial charge in [-0.1, -0.05) is 0 Å². The molecule has 0 heterocycles. The second-order valence-electron chi connectivity index (χ2n) is 5.92. The molecule has 0 saturated heterocycles. The number of hydrogen-bond acceptors (Lipinski definition) is 3. The van der Waals surface area contributed by atoms with Crippen LogP contribution in [-0.2, 0) is 4.79 Å². The number of nitrogens with one attached hydrogen (secondary N) is 1. The van der Waals surface area contributed by atoms with Crippen molar-refractivity contribution in [2.75, 3.05) is 0 Å². The number of carbonyl (C=O) groups is 1. The number of hydrogen-bond donors (Lipinski definition) is 2. The SMILES string of the molecule is NC(=O)C1(NC2CC2)CCC(Sc2cc(F)ccc2F)C1. The van der Waals surface area contributed by atoms with Crippen LogP contribution in [-0.4, -0.2) is 22.7 Å². The minimum absolute atomic E-state index is 0.0695. The summed E-state index contributed by atoms with van der Waals surface area (Å²) in [6, 6.07) is 3.83. The fourth-order valence-electron chi connectivity index (χ4n) is 2.89. The smallest absolute Gasteiger partial charge is 0.237 e. The molecule has 1 aromatic carbocycles. The first-order valence-electron chi connectivity index (χ1n) is 7.18. The minimum Gasteiger partial charge on any atom is -0.368 e. The molecular weight excluding hydrogens is 294 g/mol. The van der Waals surface area contributed by atoms with Gasteiger partial charge in [0.15, 0.2) is 0 Å². The van der Waals surface area contributed by atoms with Crippen LogP contribution >= 0.6 is 11.8 Å². The molecule has 2 fully saturated rings. The van der Waals surface area contributed by atoms with Crippen LogP contribution in [0.1, 0.15) is 32.1 Å². The van der Waals surface area contributed by atoms with Crippen molar-refractivity contribution in [2.45, 2.75) is 53.8 Å². The molecule has 0 aliphatic heterocycles. The van der Waals surface area contributed by atoms with Gasteiger partial charge >= 0.3 is 0 Å². The molecule has 114 valence electrons. The predicted molar refractivity (Wildman–Crippen MR) is 77.9 cm³/mol. The summed E-state index contributed by atoms with van der Waals surface area (Å²) >= 11 is 1.30. The van der Waals surface area contributed by atoms with E-state index in [1.807, 2.05) is 0 Å². The van der Waals surface area contributed by atoms with Gasteiger partial charge in [0.25, 0.3) is 0 Å². The van der Waals surface area contributed by atoms with Crippen LogP contribution in [0.3, 0.4) is 0 Å². The number of rotatable bonds is 5. The van der Waals surface area contributed by atoms with Crippen LogP contribution in [0, 0.1) is 11.6 Å². The van der Waals surface area contributed by atoms with E-state index >= 15 is 0 Å². The summed E-state index contributed by atoms with van der Waals surface area (Å²) in [4.78, 5) is 12.1. The highest BCUT2D eigenvalue weighted by atomic mass is 32.2. The molecule has 2 saturated carbocycles. The molecule has 0 bridgehead atoms. The lowest BCUT2D eigenvalue weighted by Crippen LogP contribution is -2.54. The first-order chi connectivity index (χ1) is 9.98. The van der Waals surface area contributed by atoms with Crippen molar-refractivity contribution in [3.63, 3.8) is 0 Å². The minimum atomic E-state index is -0.678. The summed E-state index contributed by atoms with van der Waals surface area (Å²) in [5.41, 5.74) is 4.90. The standard InChI is InChI=1S/C15H18F2N2OS/c16-9-1-4-12(17)13(7-9)21-11-5-6-15(8-11,14(18)20)19-10-2-3-10/h1,4,7,10-11,19H,2-3,5-6,8H2,(H2,18,20). The maximum atomic E-state index is 13.7. The van der Waals surface area contributed by atoms with Gasteiger partial charge in [-0.2, -0.15) is 0 Å². The van der Waals surface area contributed by atoms with Crippen molar-refractivity contribution in [1.82, 2.24) is 5.32 Å². The third-order valence-corrected chi connectivity index (χ3v) is 5.49. The maximum Gasteiger partial charge on any atom is 0.237 e. The Hall–Kier alpha value is -1.14. The van der Waals surface area contributed by atoms with Gasteiger partial charge in [-0.3, -0.25) is 4.79 Å².